The molecule has 0 aliphatic carbocycles. The first-order valence-electron chi connectivity index (χ1n) is 3.72. The highest BCUT2D eigenvalue weighted by Gasteiger charge is 2.13. The smallest absolute Gasteiger partial charge is 0.331 e. The van der Waals surface area contributed by atoms with Crippen LogP contribution in [0.3, 0.4) is 0 Å². The number of hydrogen-bond acceptors (Lipinski definition) is 4. The van der Waals surface area contributed by atoms with Crippen molar-refractivity contribution < 1.29 is 14.6 Å². The van der Waals surface area contributed by atoms with Gasteiger partial charge in [-0.25, -0.2) is 4.79 Å². The highest BCUT2D eigenvalue weighted by molar-refractivity contribution is 5.81. The van der Waals surface area contributed by atoms with Gasteiger partial charge in [-0.1, -0.05) is 6.58 Å². The third-order valence-corrected chi connectivity index (χ3v) is 1.37. The molecule has 0 aliphatic heterocycles. The van der Waals surface area contributed by atoms with Gasteiger partial charge in [-0.2, -0.15) is 0 Å². The minimum Gasteiger partial charge on any atom is -0.443 e. The van der Waals surface area contributed by atoms with Gasteiger partial charge < -0.3 is 9.84 Å². The largest absolute Gasteiger partial charge is 0.443 e. The maximum atomic E-state index is 10.8. The fourth-order valence-electron chi connectivity index (χ4n) is 0.715. The molecule has 0 aliphatic rings. The van der Waals surface area contributed by atoms with Gasteiger partial charge >= 0.3 is 5.97 Å². The van der Waals surface area contributed by atoms with Crippen molar-refractivity contribution in [1.82, 2.24) is 4.90 Å². The normalized spacial score (nSPS) is 12.7. The van der Waals surface area contributed by atoms with Crippen molar-refractivity contribution in [2.45, 2.75) is 12.6 Å². The molecule has 1 unspecified atom stereocenters. The molecule has 0 aromatic carbocycles. The molecule has 0 heterocycles. The monoisotopic (exact) mass is 173 g/mol. The fourth-order valence-corrected chi connectivity index (χ4v) is 0.715. The highest BCUT2D eigenvalue weighted by Crippen LogP contribution is 2.01. The van der Waals surface area contributed by atoms with Crippen molar-refractivity contribution in [2.24, 2.45) is 0 Å². The molecule has 0 fully saturated rings. The number of aliphatic hydroxyl groups is 1. The molecule has 70 valence electrons. The van der Waals surface area contributed by atoms with Gasteiger partial charge in [0, 0.05) is 19.1 Å². The molecule has 0 radical (unpaired) electrons. The molecule has 0 saturated heterocycles. The average molecular weight is 173 g/mol. The molecular weight excluding hydrogens is 158 g/mol. The van der Waals surface area contributed by atoms with Gasteiger partial charge in [0.05, 0.1) is 0 Å². The maximum absolute atomic E-state index is 10.8. The van der Waals surface area contributed by atoms with E-state index < -0.39 is 5.97 Å². The van der Waals surface area contributed by atoms with Crippen LogP contribution >= 0.6 is 0 Å². The van der Waals surface area contributed by atoms with Crippen LogP contribution in [0, 0.1) is 0 Å². The van der Waals surface area contributed by atoms with E-state index in [0.717, 1.165) is 6.08 Å². The fraction of sp³-hybridized carbons (Fsp3) is 0.625. The van der Waals surface area contributed by atoms with Gasteiger partial charge in [-0.3, -0.25) is 4.90 Å². The van der Waals surface area contributed by atoms with E-state index in [-0.39, 0.29) is 12.8 Å². The number of esters is 1. The van der Waals surface area contributed by atoms with Gasteiger partial charge in [0.2, 0.25) is 0 Å². The van der Waals surface area contributed by atoms with Crippen LogP contribution in [0.4, 0.5) is 0 Å². The van der Waals surface area contributed by atoms with Crippen LogP contribution in [0.5, 0.6) is 0 Å². The molecular formula is C8H15NO3. The number of nitrogens with zero attached hydrogens (tertiary/aromatic N) is 1. The summed E-state index contributed by atoms with van der Waals surface area (Å²) >= 11 is 0. The lowest BCUT2D eigenvalue weighted by atomic mass is 10.4. The van der Waals surface area contributed by atoms with E-state index in [0.29, 0.717) is 6.42 Å². The standard InChI is InChI=1S/C8H15NO3/c1-4-8(11)12-7(5-6-10)9(2)3/h4,7,10H,1,5-6H2,2-3H3. The summed E-state index contributed by atoms with van der Waals surface area (Å²) in [5.74, 6) is -0.470. The van der Waals surface area contributed by atoms with Gasteiger partial charge in [0.1, 0.15) is 0 Å². The van der Waals surface area contributed by atoms with Crippen molar-refractivity contribution >= 4 is 5.97 Å². The molecule has 1 atom stereocenters. The number of aliphatic hydroxyl groups excluding tert-OH is 1. The predicted molar refractivity (Wildman–Crippen MR) is 45.5 cm³/mol. The van der Waals surface area contributed by atoms with Crippen LogP contribution in [0.1, 0.15) is 6.42 Å². The van der Waals surface area contributed by atoms with E-state index >= 15 is 0 Å². The van der Waals surface area contributed by atoms with Gasteiger partial charge in [0.25, 0.3) is 0 Å². The number of ether oxygens (including phenoxy) is 1. The predicted octanol–water partition coefficient (Wildman–Crippen LogP) is -0.0143. The highest BCUT2D eigenvalue weighted by atomic mass is 16.6. The van der Waals surface area contributed by atoms with Crippen LogP contribution in [-0.4, -0.2) is 42.9 Å². The Morgan fingerprint density at radius 2 is 2.33 bits per heavy atom. The van der Waals surface area contributed by atoms with Crippen molar-refractivity contribution in [3.8, 4) is 0 Å². The summed E-state index contributed by atoms with van der Waals surface area (Å²) in [5, 5.41) is 8.63. The molecule has 0 bridgehead atoms. The summed E-state index contributed by atoms with van der Waals surface area (Å²) in [4.78, 5) is 12.5. The molecule has 0 saturated carbocycles. The van der Waals surface area contributed by atoms with E-state index in [1.807, 2.05) is 0 Å². The topological polar surface area (TPSA) is 49.8 Å². The van der Waals surface area contributed by atoms with Crippen molar-refractivity contribution in [3.63, 3.8) is 0 Å². The van der Waals surface area contributed by atoms with E-state index in [9.17, 15) is 4.79 Å². The summed E-state index contributed by atoms with van der Waals surface area (Å²) < 4.78 is 4.91. The molecule has 12 heavy (non-hydrogen) atoms. The zero-order valence-electron chi connectivity index (χ0n) is 7.49. The second kappa shape index (κ2) is 5.74. The quantitative estimate of drug-likeness (QED) is 0.361. The van der Waals surface area contributed by atoms with E-state index in [1.165, 1.54) is 0 Å². The molecule has 0 spiro atoms. The summed E-state index contributed by atoms with van der Waals surface area (Å²) in [5.41, 5.74) is 0. The van der Waals surface area contributed by atoms with Crippen LogP contribution < -0.4 is 0 Å². The molecule has 0 aromatic heterocycles. The molecule has 0 rings (SSSR count). The lowest BCUT2D eigenvalue weighted by Crippen LogP contribution is -2.33. The first-order chi connectivity index (χ1) is 5.61. The lowest BCUT2D eigenvalue weighted by Gasteiger charge is -2.22. The summed E-state index contributed by atoms with van der Waals surface area (Å²) in [6.45, 7) is 3.27. The van der Waals surface area contributed by atoms with Gasteiger partial charge in [0.15, 0.2) is 6.23 Å². The van der Waals surface area contributed by atoms with Crippen LogP contribution in [0.25, 0.3) is 0 Å². The first-order valence-corrected chi connectivity index (χ1v) is 3.72. The maximum Gasteiger partial charge on any atom is 0.331 e. The number of rotatable bonds is 5. The Hall–Kier alpha value is -0.870. The third kappa shape index (κ3) is 4.10. The number of hydrogen-bond donors (Lipinski definition) is 1. The van der Waals surface area contributed by atoms with Gasteiger partial charge in [-0.15, -0.1) is 0 Å². The zero-order valence-corrected chi connectivity index (χ0v) is 7.49. The summed E-state index contributed by atoms with van der Waals surface area (Å²) in [6, 6.07) is 0. The number of carbonyl (C=O) groups excluding carboxylic acids is 1. The minimum atomic E-state index is -0.470. The number of carbonyl (C=O) groups is 1. The second-order valence-corrected chi connectivity index (χ2v) is 2.57. The molecule has 4 heteroatoms. The Labute approximate surface area is 72.4 Å². The molecule has 0 aromatic rings. The van der Waals surface area contributed by atoms with Gasteiger partial charge in [-0.05, 0) is 14.1 Å². The third-order valence-electron chi connectivity index (χ3n) is 1.37. The van der Waals surface area contributed by atoms with Crippen molar-refractivity contribution in [1.29, 1.82) is 0 Å². The van der Waals surface area contributed by atoms with Crippen LogP contribution in [0.2, 0.25) is 0 Å². The Morgan fingerprint density at radius 3 is 2.67 bits per heavy atom. The average Bonchev–Trinajstić information content (AvgIpc) is 2.03. The molecule has 4 nitrogen and oxygen atoms in total. The Balaban J connectivity index is 3.94. The van der Waals surface area contributed by atoms with E-state index in [4.69, 9.17) is 9.84 Å². The van der Waals surface area contributed by atoms with Crippen LogP contribution in [0.15, 0.2) is 12.7 Å². The summed E-state index contributed by atoms with van der Waals surface area (Å²) in [7, 11) is 3.55. The SMILES string of the molecule is C=CC(=O)OC(CCO)N(C)C. The summed E-state index contributed by atoms with van der Waals surface area (Å²) in [6.07, 6.45) is 1.14. The zero-order chi connectivity index (χ0) is 9.56. The minimum absolute atomic E-state index is 0.00668. The lowest BCUT2D eigenvalue weighted by molar-refractivity contribution is -0.151. The molecule has 0 amide bonds. The first kappa shape index (κ1) is 11.1. The Bertz CT molecular complexity index is 156. The van der Waals surface area contributed by atoms with E-state index in [1.54, 1.807) is 19.0 Å². The van der Waals surface area contributed by atoms with Crippen molar-refractivity contribution in [2.75, 3.05) is 20.7 Å². The van der Waals surface area contributed by atoms with E-state index in [2.05, 4.69) is 6.58 Å². The second-order valence-electron chi connectivity index (χ2n) is 2.57. The Morgan fingerprint density at radius 1 is 1.75 bits per heavy atom. The van der Waals surface area contributed by atoms with Crippen LogP contribution in [-0.2, 0) is 9.53 Å². The van der Waals surface area contributed by atoms with Crippen molar-refractivity contribution in [3.05, 3.63) is 12.7 Å². The molecule has 1 N–H and O–H groups in total. The Kier molecular flexibility index (Phi) is 5.32.